The zero-order valence-corrected chi connectivity index (χ0v) is 14.7. The highest BCUT2D eigenvalue weighted by molar-refractivity contribution is 5.82. The standard InChI is InChI=1S/C18H21F3N4O/c1-11-8-12(2)25(24-11)14-6-5-13(15(9-14)18(19,20)21)10-23-17(26)16-4-3-7-22-16/h5-6,8-9,16,22H,3-4,7,10H2,1-2H3,(H,23,26). The van der Waals surface area contributed by atoms with Crippen molar-refractivity contribution in [2.75, 3.05) is 6.54 Å². The number of nitrogens with one attached hydrogen (secondary N) is 2. The fraction of sp³-hybridized carbons (Fsp3) is 0.444. The lowest BCUT2D eigenvalue weighted by atomic mass is 10.1. The Kier molecular flexibility index (Phi) is 5.04. The van der Waals surface area contributed by atoms with Gasteiger partial charge in [0.15, 0.2) is 0 Å². The maximum atomic E-state index is 13.5. The largest absolute Gasteiger partial charge is 0.416 e. The molecule has 140 valence electrons. The fourth-order valence-corrected chi connectivity index (χ4v) is 3.22. The molecular formula is C18H21F3N4O. The van der Waals surface area contributed by atoms with Crippen molar-refractivity contribution in [1.29, 1.82) is 0 Å². The Morgan fingerprint density at radius 1 is 1.35 bits per heavy atom. The van der Waals surface area contributed by atoms with Crippen molar-refractivity contribution in [3.63, 3.8) is 0 Å². The van der Waals surface area contributed by atoms with E-state index >= 15 is 0 Å². The van der Waals surface area contributed by atoms with Gasteiger partial charge in [-0.3, -0.25) is 4.79 Å². The summed E-state index contributed by atoms with van der Waals surface area (Å²) in [6.45, 7) is 4.16. The van der Waals surface area contributed by atoms with Gasteiger partial charge >= 0.3 is 6.18 Å². The predicted octanol–water partition coefficient (Wildman–Crippen LogP) is 2.88. The molecule has 0 radical (unpaired) electrons. The number of halogens is 3. The van der Waals surface area contributed by atoms with Gasteiger partial charge in [-0.25, -0.2) is 4.68 Å². The average Bonchev–Trinajstić information content (AvgIpc) is 3.21. The van der Waals surface area contributed by atoms with E-state index in [4.69, 9.17) is 0 Å². The minimum atomic E-state index is -4.52. The zero-order chi connectivity index (χ0) is 18.9. The van der Waals surface area contributed by atoms with Gasteiger partial charge < -0.3 is 10.6 Å². The van der Waals surface area contributed by atoms with E-state index in [1.54, 1.807) is 26.0 Å². The Morgan fingerprint density at radius 3 is 2.69 bits per heavy atom. The fourth-order valence-electron chi connectivity index (χ4n) is 3.22. The average molecular weight is 366 g/mol. The third-order valence-corrected chi connectivity index (χ3v) is 4.48. The monoisotopic (exact) mass is 366 g/mol. The zero-order valence-electron chi connectivity index (χ0n) is 14.7. The Hall–Kier alpha value is -2.35. The number of carbonyl (C=O) groups excluding carboxylic acids is 1. The van der Waals surface area contributed by atoms with Gasteiger partial charge in [-0.1, -0.05) is 6.07 Å². The first-order valence-electron chi connectivity index (χ1n) is 8.50. The minimum absolute atomic E-state index is 0.0362. The van der Waals surface area contributed by atoms with Crippen molar-refractivity contribution in [3.05, 3.63) is 46.8 Å². The van der Waals surface area contributed by atoms with Crippen molar-refractivity contribution in [3.8, 4) is 5.69 Å². The summed E-state index contributed by atoms with van der Waals surface area (Å²) in [5.41, 5.74) is 1.10. The first-order valence-corrected chi connectivity index (χ1v) is 8.50. The molecule has 26 heavy (non-hydrogen) atoms. The summed E-state index contributed by atoms with van der Waals surface area (Å²) < 4.78 is 42.0. The van der Waals surface area contributed by atoms with Crippen LogP contribution in [0, 0.1) is 13.8 Å². The Bertz CT molecular complexity index is 807. The molecule has 2 heterocycles. The van der Waals surface area contributed by atoms with Crippen molar-refractivity contribution < 1.29 is 18.0 Å². The predicted molar refractivity (Wildman–Crippen MR) is 90.9 cm³/mol. The molecule has 8 heteroatoms. The number of amides is 1. The second-order valence-electron chi connectivity index (χ2n) is 6.54. The van der Waals surface area contributed by atoms with Crippen LogP contribution < -0.4 is 10.6 Å². The number of hydrogen-bond donors (Lipinski definition) is 2. The highest BCUT2D eigenvalue weighted by Gasteiger charge is 2.34. The SMILES string of the molecule is Cc1cc(C)n(-c2ccc(CNC(=O)C3CCCN3)c(C(F)(F)F)c2)n1. The lowest BCUT2D eigenvalue weighted by Crippen LogP contribution is -2.40. The topological polar surface area (TPSA) is 59.0 Å². The quantitative estimate of drug-likeness (QED) is 0.875. The Balaban J connectivity index is 1.85. The minimum Gasteiger partial charge on any atom is -0.351 e. The van der Waals surface area contributed by atoms with Crippen LogP contribution in [0.25, 0.3) is 5.69 Å². The molecule has 1 amide bonds. The third-order valence-electron chi connectivity index (χ3n) is 4.48. The molecule has 1 fully saturated rings. The molecule has 1 aliphatic heterocycles. The number of aryl methyl sites for hydroxylation is 2. The van der Waals surface area contributed by atoms with E-state index < -0.39 is 11.7 Å². The summed E-state index contributed by atoms with van der Waals surface area (Å²) in [6, 6.07) is 5.55. The molecule has 5 nitrogen and oxygen atoms in total. The van der Waals surface area contributed by atoms with Crippen LogP contribution in [0.2, 0.25) is 0 Å². The molecular weight excluding hydrogens is 345 g/mol. The second kappa shape index (κ2) is 7.11. The van der Waals surface area contributed by atoms with Crippen molar-refractivity contribution >= 4 is 5.91 Å². The van der Waals surface area contributed by atoms with Gasteiger partial charge in [-0.15, -0.1) is 0 Å². The van der Waals surface area contributed by atoms with Crippen LogP contribution in [0.15, 0.2) is 24.3 Å². The van der Waals surface area contributed by atoms with Crippen LogP contribution in [-0.2, 0) is 17.5 Å². The second-order valence-corrected chi connectivity index (χ2v) is 6.54. The van der Waals surface area contributed by atoms with E-state index in [0.29, 0.717) is 12.1 Å². The number of nitrogens with zero attached hydrogens (tertiary/aromatic N) is 2. The van der Waals surface area contributed by atoms with Gasteiger partial charge in [-0.2, -0.15) is 18.3 Å². The summed E-state index contributed by atoms with van der Waals surface area (Å²) >= 11 is 0. The molecule has 0 bridgehead atoms. The molecule has 0 saturated carbocycles. The maximum absolute atomic E-state index is 13.5. The third kappa shape index (κ3) is 3.90. The van der Waals surface area contributed by atoms with Crippen molar-refractivity contribution in [2.45, 2.75) is 45.5 Å². The summed E-state index contributed by atoms with van der Waals surface area (Å²) in [6.07, 6.45) is -2.92. The van der Waals surface area contributed by atoms with Crippen LogP contribution in [0.4, 0.5) is 13.2 Å². The van der Waals surface area contributed by atoms with Crippen molar-refractivity contribution in [2.24, 2.45) is 0 Å². The van der Waals surface area contributed by atoms with Gasteiger partial charge in [0, 0.05) is 12.2 Å². The van der Waals surface area contributed by atoms with E-state index in [2.05, 4.69) is 15.7 Å². The summed E-state index contributed by atoms with van der Waals surface area (Å²) in [7, 11) is 0. The highest BCUT2D eigenvalue weighted by Crippen LogP contribution is 2.33. The highest BCUT2D eigenvalue weighted by atomic mass is 19.4. The van der Waals surface area contributed by atoms with Crippen molar-refractivity contribution in [1.82, 2.24) is 20.4 Å². The van der Waals surface area contributed by atoms with Gasteiger partial charge in [0.25, 0.3) is 0 Å². The first kappa shape index (κ1) is 18.4. The molecule has 1 aliphatic rings. The van der Waals surface area contributed by atoms with Gasteiger partial charge in [0.05, 0.1) is 23.0 Å². The van der Waals surface area contributed by atoms with Crippen LogP contribution in [0.5, 0.6) is 0 Å². The Labute approximate surface area is 149 Å². The van der Waals surface area contributed by atoms with E-state index in [9.17, 15) is 18.0 Å². The van der Waals surface area contributed by atoms with E-state index in [0.717, 1.165) is 30.4 Å². The molecule has 0 spiro atoms. The number of hydrogen-bond acceptors (Lipinski definition) is 3. The number of rotatable bonds is 4. The molecule has 0 aliphatic carbocycles. The van der Waals surface area contributed by atoms with Crippen LogP contribution in [-0.4, -0.2) is 28.3 Å². The lowest BCUT2D eigenvalue weighted by Gasteiger charge is -2.17. The Morgan fingerprint density at radius 2 is 2.12 bits per heavy atom. The first-order chi connectivity index (χ1) is 12.3. The lowest BCUT2D eigenvalue weighted by molar-refractivity contribution is -0.138. The number of aromatic nitrogens is 2. The van der Waals surface area contributed by atoms with E-state index in [1.807, 2.05) is 0 Å². The number of alkyl halides is 3. The number of benzene rings is 1. The van der Waals surface area contributed by atoms with Gasteiger partial charge in [-0.05, 0) is 57.0 Å². The number of carbonyl (C=O) groups is 1. The van der Waals surface area contributed by atoms with E-state index in [1.165, 1.54) is 10.7 Å². The molecule has 2 N–H and O–H groups in total. The molecule has 2 aromatic rings. The summed E-state index contributed by atoms with van der Waals surface area (Å²) in [5.74, 6) is -0.266. The molecule has 1 saturated heterocycles. The van der Waals surface area contributed by atoms with Crippen LogP contribution >= 0.6 is 0 Å². The molecule has 3 rings (SSSR count). The smallest absolute Gasteiger partial charge is 0.351 e. The van der Waals surface area contributed by atoms with Gasteiger partial charge in [0.1, 0.15) is 0 Å². The molecule has 1 aromatic carbocycles. The molecule has 1 unspecified atom stereocenters. The molecule has 1 atom stereocenters. The molecule has 1 aromatic heterocycles. The normalized spacial score (nSPS) is 17.5. The van der Waals surface area contributed by atoms with Gasteiger partial charge in [0.2, 0.25) is 5.91 Å². The summed E-state index contributed by atoms with van der Waals surface area (Å²) in [4.78, 5) is 12.0. The van der Waals surface area contributed by atoms with E-state index in [-0.39, 0.29) is 24.1 Å². The van der Waals surface area contributed by atoms with Crippen LogP contribution in [0.3, 0.4) is 0 Å². The summed E-state index contributed by atoms with van der Waals surface area (Å²) in [5, 5.41) is 9.87. The maximum Gasteiger partial charge on any atom is 0.416 e. The van der Waals surface area contributed by atoms with Crippen LogP contribution in [0.1, 0.15) is 35.4 Å².